The Kier molecular flexibility index (Phi) is 11.0. The number of likely N-dealkylation sites (N-methyl/N-ethyl adjacent to an activating group) is 1. The second kappa shape index (κ2) is 11.5. The molecule has 0 aliphatic carbocycles. The minimum atomic E-state index is -4.35. The molecule has 134 valence electrons. The van der Waals surface area contributed by atoms with E-state index in [1.807, 2.05) is 14.1 Å². The van der Waals surface area contributed by atoms with Gasteiger partial charge in [0, 0.05) is 19.6 Å². The first-order valence-electron chi connectivity index (χ1n) is 7.13. The van der Waals surface area contributed by atoms with Crippen molar-refractivity contribution in [3.63, 3.8) is 0 Å². The van der Waals surface area contributed by atoms with E-state index in [1.165, 1.54) is 12.1 Å². The van der Waals surface area contributed by atoms with Crippen LogP contribution in [0.2, 0.25) is 0 Å². The molecule has 0 aliphatic rings. The molecule has 0 unspecified atom stereocenters. The molecule has 8 heteroatoms. The maximum Gasteiger partial charge on any atom is 0.416 e. The number of rotatable bonds is 10. The molecule has 23 heavy (non-hydrogen) atoms. The third-order valence-electron chi connectivity index (χ3n) is 2.82. The van der Waals surface area contributed by atoms with Gasteiger partial charge in [-0.25, -0.2) is 0 Å². The van der Waals surface area contributed by atoms with Crippen LogP contribution in [-0.4, -0.2) is 58.5 Å². The van der Waals surface area contributed by atoms with E-state index in [0.29, 0.717) is 13.2 Å². The third kappa shape index (κ3) is 10.4. The SMILES string of the molecule is CN(C)CCNCCOCCOc1cccc(C(F)(F)F)c1.Cl. The lowest BCUT2D eigenvalue weighted by Crippen LogP contribution is -2.29. The normalized spacial score (nSPS) is 11.4. The zero-order valence-corrected chi connectivity index (χ0v) is 14.2. The molecule has 1 aromatic rings. The maximum absolute atomic E-state index is 12.5. The summed E-state index contributed by atoms with van der Waals surface area (Å²) in [6, 6.07) is 4.83. The summed E-state index contributed by atoms with van der Waals surface area (Å²) in [6.07, 6.45) is -4.35. The topological polar surface area (TPSA) is 33.7 Å². The van der Waals surface area contributed by atoms with Gasteiger partial charge in [-0.1, -0.05) is 6.07 Å². The van der Waals surface area contributed by atoms with Crippen molar-refractivity contribution < 1.29 is 22.6 Å². The first-order valence-corrected chi connectivity index (χ1v) is 7.13. The lowest BCUT2D eigenvalue weighted by molar-refractivity contribution is -0.137. The zero-order valence-electron chi connectivity index (χ0n) is 13.4. The van der Waals surface area contributed by atoms with Gasteiger partial charge in [0.15, 0.2) is 0 Å². The van der Waals surface area contributed by atoms with Gasteiger partial charge in [0.2, 0.25) is 0 Å². The Hall–Kier alpha value is -1.02. The van der Waals surface area contributed by atoms with E-state index >= 15 is 0 Å². The smallest absolute Gasteiger partial charge is 0.416 e. The van der Waals surface area contributed by atoms with Crippen molar-refractivity contribution in [2.75, 3.05) is 53.6 Å². The largest absolute Gasteiger partial charge is 0.491 e. The Labute approximate surface area is 141 Å². The van der Waals surface area contributed by atoms with Crippen LogP contribution in [0.3, 0.4) is 0 Å². The molecule has 0 fully saturated rings. The molecule has 0 aliphatic heterocycles. The fourth-order valence-electron chi connectivity index (χ4n) is 1.65. The summed E-state index contributed by atoms with van der Waals surface area (Å²) < 4.78 is 48.1. The van der Waals surface area contributed by atoms with Gasteiger partial charge in [0.05, 0.1) is 18.8 Å². The Balaban J connectivity index is 0.00000484. The van der Waals surface area contributed by atoms with E-state index in [4.69, 9.17) is 9.47 Å². The molecule has 0 saturated heterocycles. The summed E-state index contributed by atoms with van der Waals surface area (Å²) in [5.74, 6) is 0.197. The molecule has 4 nitrogen and oxygen atoms in total. The summed E-state index contributed by atoms with van der Waals surface area (Å²) in [5.41, 5.74) is -0.712. The fraction of sp³-hybridized carbons (Fsp3) is 0.600. The number of benzene rings is 1. The van der Waals surface area contributed by atoms with Crippen molar-refractivity contribution in [3.8, 4) is 5.75 Å². The highest BCUT2D eigenvalue weighted by molar-refractivity contribution is 5.85. The molecule has 1 rings (SSSR count). The molecule has 1 aromatic carbocycles. The lowest BCUT2D eigenvalue weighted by atomic mass is 10.2. The number of nitrogens with zero attached hydrogens (tertiary/aromatic N) is 1. The molecule has 0 bridgehead atoms. The molecule has 0 radical (unpaired) electrons. The molecular weight excluding hydrogens is 333 g/mol. The van der Waals surface area contributed by atoms with E-state index in [2.05, 4.69) is 10.2 Å². The minimum Gasteiger partial charge on any atom is -0.491 e. The average molecular weight is 357 g/mol. The maximum atomic E-state index is 12.5. The van der Waals surface area contributed by atoms with Gasteiger partial charge in [0.25, 0.3) is 0 Å². The molecule has 1 N–H and O–H groups in total. The summed E-state index contributed by atoms with van der Waals surface area (Å²) in [7, 11) is 4.01. The van der Waals surface area contributed by atoms with Gasteiger partial charge < -0.3 is 19.7 Å². The number of nitrogens with one attached hydrogen (secondary N) is 1. The van der Waals surface area contributed by atoms with Crippen LogP contribution in [0.25, 0.3) is 0 Å². The number of ether oxygens (including phenoxy) is 2. The molecule has 0 atom stereocenters. The van der Waals surface area contributed by atoms with Crippen LogP contribution in [0.1, 0.15) is 5.56 Å². The predicted octanol–water partition coefficient (Wildman–Crippen LogP) is 2.67. The molecule has 0 heterocycles. The van der Waals surface area contributed by atoms with E-state index in [-0.39, 0.29) is 24.8 Å². The Bertz CT molecular complexity index is 431. The van der Waals surface area contributed by atoms with Crippen molar-refractivity contribution in [1.82, 2.24) is 10.2 Å². The summed E-state index contributed by atoms with van der Waals surface area (Å²) in [4.78, 5) is 2.08. The second-order valence-electron chi connectivity index (χ2n) is 5.04. The number of hydrogen-bond donors (Lipinski definition) is 1. The molecule has 0 amide bonds. The van der Waals surface area contributed by atoms with Gasteiger partial charge in [-0.05, 0) is 32.3 Å². The molecule has 0 saturated carbocycles. The second-order valence-corrected chi connectivity index (χ2v) is 5.04. The van der Waals surface area contributed by atoms with E-state index in [9.17, 15) is 13.2 Å². The predicted molar refractivity (Wildman–Crippen MR) is 86.4 cm³/mol. The highest BCUT2D eigenvalue weighted by atomic mass is 35.5. The number of alkyl halides is 3. The summed E-state index contributed by atoms with van der Waals surface area (Å²) in [5, 5.41) is 3.22. The molecule has 0 aromatic heterocycles. The van der Waals surface area contributed by atoms with E-state index < -0.39 is 11.7 Å². The van der Waals surface area contributed by atoms with E-state index in [0.717, 1.165) is 31.8 Å². The fourth-order valence-corrected chi connectivity index (χ4v) is 1.65. The lowest BCUT2D eigenvalue weighted by Gasteiger charge is -2.11. The van der Waals surface area contributed by atoms with Crippen molar-refractivity contribution in [2.24, 2.45) is 0 Å². The summed E-state index contributed by atoms with van der Waals surface area (Å²) in [6.45, 7) is 3.68. The first-order chi connectivity index (χ1) is 10.4. The highest BCUT2D eigenvalue weighted by Gasteiger charge is 2.30. The van der Waals surface area contributed by atoms with Gasteiger partial charge in [0.1, 0.15) is 12.4 Å². The molecular formula is C15H24ClF3N2O2. The summed E-state index contributed by atoms with van der Waals surface area (Å²) >= 11 is 0. The van der Waals surface area contributed by atoms with Crippen LogP contribution in [-0.2, 0) is 10.9 Å². The van der Waals surface area contributed by atoms with E-state index in [1.54, 1.807) is 0 Å². The van der Waals surface area contributed by atoms with Crippen LogP contribution in [0.4, 0.5) is 13.2 Å². The van der Waals surface area contributed by atoms with Gasteiger partial charge in [-0.2, -0.15) is 13.2 Å². The van der Waals surface area contributed by atoms with Crippen LogP contribution in [0.5, 0.6) is 5.75 Å². The van der Waals surface area contributed by atoms with Crippen LogP contribution in [0, 0.1) is 0 Å². The van der Waals surface area contributed by atoms with Crippen molar-refractivity contribution in [2.45, 2.75) is 6.18 Å². The monoisotopic (exact) mass is 356 g/mol. The van der Waals surface area contributed by atoms with Gasteiger partial charge >= 0.3 is 6.18 Å². The van der Waals surface area contributed by atoms with Crippen LogP contribution in [0.15, 0.2) is 24.3 Å². The Morgan fingerprint density at radius 1 is 1.09 bits per heavy atom. The van der Waals surface area contributed by atoms with Crippen molar-refractivity contribution in [3.05, 3.63) is 29.8 Å². The quantitative estimate of drug-likeness (QED) is 0.654. The first kappa shape index (κ1) is 22.0. The van der Waals surface area contributed by atoms with Crippen LogP contribution >= 0.6 is 12.4 Å². The van der Waals surface area contributed by atoms with Gasteiger partial charge in [-0.15, -0.1) is 12.4 Å². The number of hydrogen-bond acceptors (Lipinski definition) is 4. The average Bonchev–Trinajstić information content (AvgIpc) is 2.44. The standard InChI is InChI=1S/C15H23F3N2O2.ClH/c1-20(2)8-6-19-7-9-21-10-11-22-14-5-3-4-13(12-14)15(16,17)18;/h3-5,12,19H,6-11H2,1-2H3;1H. The Morgan fingerprint density at radius 3 is 2.48 bits per heavy atom. The number of halogens is 4. The Morgan fingerprint density at radius 2 is 1.83 bits per heavy atom. The highest BCUT2D eigenvalue weighted by Crippen LogP contribution is 2.31. The zero-order chi connectivity index (χ0) is 16.4. The van der Waals surface area contributed by atoms with Crippen LogP contribution < -0.4 is 10.1 Å². The third-order valence-corrected chi connectivity index (χ3v) is 2.82. The molecule has 0 spiro atoms. The van der Waals surface area contributed by atoms with Crippen molar-refractivity contribution >= 4 is 12.4 Å². The minimum absolute atomic E-state index is 0. The van der Waals surface area contributed by atoms with Gasteiger partial charge in [-0.3, -0.25) is 0 Å². The van der Waals surface area contributed by atoms with Crippen molar-refractivity contribution in [1.29, 1.82) is 0 Å².